The van der Waals surface area contributed by atoms with E-state index in [-0.39, 0.29) is 11.9 Å². The molecule has 2 aromatic carbocycles. The predicted octanol–water partition coefficient (Wildman–Crippen LogP) is 2.71. The van der Waals surface area contributed by atoms with E-state index in [0.29, 0.717) is 11.5 Å². The van der Waals surface area contributed by atoms with Crippen molar-refractivity contribution in [2.75, 3.05) is 0 Å². The smallest absolute Gasteiger partial charge is 0.312 e. The van der Waals surface area contributed by atoms with Gasteiger partial charge in [-0.25, -0.2) is 4.79 Å². The molecular weight excluding hydrogens is 306 g/mol. The van der Waals surface area contributed by atoms with E-state index >= 15 is 0 Å². The first-order valence-corrected chi connectivity index (χ1v) is 7.65. The zero-order valence-electron chi connectivity index (χ0n) is 13.7. The number of para-hydroxylation sites is 2. The molecular formula is C18H21N3O3. The molecule has 0 saturated heterocycles. The van der Waals surface area contributed by atoms with Crippen molar-refractivity contribution in [3.05, 3.63) is 60.2 Å². The second-order valence-corrected chi connectivity index (χ2v) is 5.41. The van der Waals surface area contributed by atoms with Gasteiger partial charge in [0, 0.05) is 5.56 Å². The standard InChI is InChI=1S/C18H21N3O3/c1-12(20-17(22)13(2)21-18(19)23)15-10-6-7-11-16(15)24-14-8-4-3-5-9-14/h3-13H,1-2H3,(H,20,22)(H3,19,21,23)/t12-,13-/m0/s1. The van der Waals surface area contributed by atoms with Crippen molar-refractivity contribution >= 4 is 11.9 Å². The summed E-state index contributed by atoms with van der Waals surface area (Å²) in [5.74, 6) is 1.05. The number of nitrogens with two attached hydrogens (primary N) is 1. The molecule has 6 heteroatoms. The van der Waals surface area contributed by atoms with Gasteiger partial charge in [0.15, 0.2) is 0 Å². The Kier molecular flexibility index (Phi) is 5.78. The van der Waals surface area contributed by atoms with Crippen molar-refractivity contribution in [2.45, 2.75) is 25.9 Å². The average Bonchev–Trinajstić information content (AvgIpc) is 2.55. The van der Waals surface area contributed by atoms with Gasteiger partial charge >= 0.3 is 6.03 Å². The zero-order chi connectivity index (χ0) is 17.5. The molecule has 0 aliphatic carbocycles. The Morgan fingerprint density at radius 3 is 2.25 bits per heavy atom. The third-order valence-electron chi connectivity index (χ3n) is 3.47. The van der Waals surface area contributed by atoms with Gasteiger partial charge in [0.1, 0.15) is 17.5 Å². The SMILES string of the molecule is C[C@H](NC(N)=O)C(=O)N[C@@H](C)c1ccccc1Oc1ccccc1. The number of amides is 3. The fourth-order valence-corrected chi connectivity index (χ4v) is 2.24. The second kappa shape index (κ2) is 8.01. The van der Waals surface area contributed by atoms with Crippen molar-refractivity contribution in [1.82, 2.24) is 10.6 Å². The fourth-order valence-electron chi connectivity index (χ4n) is 2.24. The molecule has 6 nitrogen and oxygen atoms in total. The molecule has 2 aromatic rings. The van der Waals surface area contributed by atoms with Crippen molar-refractivity contribution < 1.29 is 14.3 Å². The maximum absolute atomic E-state index is 12.1. The van der Waals surface area contributed by atoms with Crippen molar-refractivity contribution in [3.8, 4) is 11.5 Å². The lowest BCUT2D eigenvalue weighted by Gasteiger charge is -2.20. The lowest BCUT2D eigenvalue weighted by atomic mass is 10.1. The van der Waals surface area contributed by atoms with Gasteiger partial charge in [-0.2, -0.15) is 0 Å². The summed E-state index contributed by atoms with van der Waals surface area (Å²) in [5, 5.41) is 5.19. The van der Waals surface area contributed by atoms with Crippen LogP contribution >= 0.6 is 0 Å². The van der Waals surface area contributed by atoms with Crippen LogP contribution in [0.3, 0.4) is 0 Å². The molecule has 24 heavy (non-hydrogen) atoms. The summed E-state index contributed by atoms with van der Waals surface area (Å²) >= 11 is 0. The van der Waals surface area contributed by atoms with Crippen LogP contribution in [0.2, 0.25) is 0 Å². The summed E-state index contributed by atoms with van der Waals surface area (Å²) < 4.78 is 5.90. The largest absolute Gasteiger partial charge is 0.457 e. The minimum absolute atomic E-state index is 0.297. The summed E-state index contributed by atoms with van der Waals surface area (Å²) in [4.78, 5) is 22.9. The Morgan fingerprint density at radius 1 is 0.958 bits per heavy atom. The van der Waals surface area contributed by atoms with Gasteiger partial charge in [-0.3, -0.25) is 4.79 Å². The van der Waals surface area contributed by atoms with Gasteiger partial charge in [0.05, 0.1) is 6.04 Å². The normalized spacial score (nSPS) is 12.8. The molecule has 0 heterocycles. The van der Waals surface area contributed by atoms with Crippen LogP contribution in [-0.4, -0.2) is 18.0 Å². The molecule has 126 valence electrons. The zero-order valence-corrected chi connectivity index (χ0v) is 13.7. The van der Waals surface area contributed by atoms with E-state index < -0.39 is 12.1 Å². The van der Waals surface area contributed by atoms with Gasteiger partial charge in [0.2, 0.25) is 5.91 Å². The molecule has 4 N–H and O–H groups in total. The highest BCUT2D eigenvalue weighted by atomic mass is 16.5. The number of ether oxygens (including phenoxy) is 1. The molecule has 3 amide bonds. The highest BCUT2D eigenvalue weighted by Gasteiger charge is 2.19. The van der Waals surface area contributed by atoms with Crippen LogP contribution in [0, 0.1) is 0 Å². The number of nitrogens with one attached hydrogen (secondary N) is 2. The number of hydrogen-bond donors (Lipinski definition) is 3. The first kappa shape index (κ1) is 17.3. The summed E-state index contributed by atoms with van der Waals surface area (Å²) in [5.41, 5.74) is 5.87. The molecule has 0 fully saturated rings. The topological polar surface area (TPSA) is 93.5 Å². The minimum Gasteiger partial charge on any atom is -0.457 e. The quantitative estimate of drug-likeness (QED) is 0.761. The Bertz CT molecular complexity index is 704. The number of carbonyl (C=O) groups is 2. The molecule has 0 aromatic heterocycles. The van der Waals surface area contributed by atoms with Crippen molar-refractivity contribution in [1.29, 1.82) is 0 Å². The van der Waals surface area contributed by atoms with Crippen LogP contribution in [0.5, 0.6) is 11.5 Å². The Morgan fingerprint density at radius 2 is 1.58 bits per heavy atom. The maximum Gasteiger partial charge on any atom is 0.312 e. The number of carbonyl (C=O) groups excluding carboxylic acids is 2. The highest BCUT2D eigenvalue weighted by Crippen LogP contribution is 2.29. The Labute approximate surface area is 141 Å². The molecule has 0 bridgehead atoms. The van der Waals surface area contributed by atoms with E-state index in [4.69, 9.17) is 10.5 Å². The van der Waals surface area contributed by atoms with E-state index in [1.165, 1.54) is 0 Å². The van der Waals surface area contributed by atoms with Crippen LogP contribution < -0.4 is 21.1 Å². The molecule has 0 aliphatic rings. The van der Waals surface area contributed by atoms with Gasteiger partial charge < -0.3 is 21.1 Å². The van der Waals surface area contributed by atoms with Gasteiger partial charge in [-0.15, -0.1) is 0 Å². The molecule has 2 atom stereocenters. The van der Waals surface area contributed by atoms with Gasteiger partial charge in [0.25, 0.3) is 0 Å². The number of hydrogen-bond acceptors (Lipinski definition) is 3. The third-order valence-corrected chi connectivity index (χ3v) is 3.47. The van der Waals surface area contributed by atoms with Crippen LogP contribution in [0.25, 0.3) is 0 Å². The first-order chi connectivity index (χ1) is 11.5. The summed E-state index contributed by atoms with van der Waals surface area (Å²) in [6, 6.07) is 15.1. The van der Waals surface area contributed by atoms with Crippen LogP contribution in [-0.2, 0) is 4.79 Å². The Balaban J connectivity index is 2.11. The van der Waals surface area contributed by atoms with Gasteiger partial charge in [-0.1, -0.05) is 36.4 Å². The van der Waals surface area contributed by atoms with Crippen LogP contribution in [0.15, 0.2) is 54.6 Å². The van der Waals surface area contributed by atoms with Gasteiger partial charge in [-0.05, 0) is 32.0 Å². The van der Waals surface area contributed by atoms with E-state index in [9.17, 15) is 9.59 Å². The summed E-state index contributed by atoms with van der Waals surface area (Å²) in [6.45, 7) is 3.42. The lowest BCUT2D eigenvalue weighted by Crippen LogP contribution is -2.47. The number of primary amides is 1. The van der Waals surface area contributed by atoms with E-state index in [1.807, 2.05) is 61.5 Å². The van der Waals surface area contributed by atoms with Crippen molar-refractivity contribution in [2.24, 2.45) is 5.73 Å². The Hall–Kier alpha value is -3.02. The summed E-state index contributed by atoms with van der Waals surface area (Å²) in [7, 11) is 0. The summed E-state index contributed by atoms with van der Waals surface area (Å²) in [6.07, 6.45) is 0. The first-order valence-electron chi connectivity index (χ1n) is 7.65. The monoisotopic (exact) mass is 327 g/mol. The lowest BCUT2D eigenvalue weighted by molar-refractivity contribution is -0.123. The second-order valence-electron chi connectivity index (χ2n) is 5.41. The maximum atomic E-state index is 12.1. The molecule has 0 aliphatic heterocycles. The molecule has 0 spiro atoms. The number of urea groups is 1. The highest BCUT2D eigenvalue weighted by molar-refractivity contribution is 5.86. The van der Waals surface area contributed by atoms with Crippen LogP contribution in [0.4, 0.5) is 4.79 Å². The van der Waals surface area contributed by atoms with E-state index in [2.05, 4.69) is 10.6 Å². The minimum atomic E-state index is -0.738. The average molecular weight is 327 g/mol. The fraction of sp³-hybridized carbons (Fsp3) is 0.222. The van der Waals surface area contributed by atoms with E-state index in [1.54, 1.807) is 6.92 Å². The van der Waals surface area contributed by atoms with Crippen LogP contribution in [0.1, 0.15) is 25.5 Å². The third kappa shape index (κ3) is 4.74. The number of rotatable bonds is 6. The predicted molar refractivity (Wildman–Crippen MR) is 91.7 cm³/mol. The number of benzene rings is 2. The molecule has 0 saturated carbocycles. The molecule has 0 unspecified atom stereocenters. The molecule has 0 radical (unpaired) electrons. The van der Waals surface area contributed by atoms with E-state index in [0.717, 1.165) is 5.56 Å². The van der Waals surface area contributed by atoms with Crippen molar-refractivity contribution in [3.63, 3.8) is 0 Å². The molecule has 2 rings (SSSR count).